The number of rotatable bonds is 7. The van der Waals surface area contributed by atoms with Crippen molar-refractivity contribution in [1.29, 1.82) is 0 Å². The first kappa shape index (κ1) is 21.2. The minimum Gasteiger partial charge on any atom is -0.376 e. The molecule has 1 aliphatic heterocycles. The molecule has 0 spiro atoms. The molecule has 2 aromatic rings. The molecule has 1 aromatic carbocycles. The fourth-order valence-corrected chi connectivity index (χ4v) is 6.10. The van der Waals surface area contributed by atoms with Crippen molar-refractivity contribution in [2.45, 2.75) is 56.2 Å². The van der Waals surface area contributed by atoms with E-state index in [1.54, 1.807) is 12.1 Å². The maximum Gasteiger partial charge on any atom is 0.175 e. The Morgan fingerprint density at radius 3 is 2.42 bits per heavy atom. The van der Waals surface area contributed by atoms with E-state index in [0.717, 1.165) is 50.8 Å². The fraction of sp³-hybridized carbons (Fsp3) is 0.625. The van der Waals surface area contributed by atoms with E-state index in [9.17, 15) is 8.42 Å². The number of fused-ring (bicyclic) bond motifs is 1. The minimum atomic E-state index is -3.14. The van der Waals surface area contributed by atoms with Gasteiger partial charge in [-0.3, -0.25) is 4.90 Å². The highest BCUT2D eigenvalue weighted by atomic mass is 32.2. The van der Waals surface area contributed by atoms with E-state index in [4.69, 9.17) is 4.74 Å². The second-order valence-corrected chi connectivity index (χ2v) is 11.9. The summed E-state index contributed by atoms with van der Waals surface area (Å²) in [6.07, 6.45) is 10.4. The number of imidazole rings is 1. The fourth-order valence-electron chi connectivity index (χ4n) is 5.47. The highest BCUT2D eigenvalue weighted by Gasteiger charge is 2.44. The third kappa shape index (κ3) is 4.73. The number of sulfone groups is 1. The van der Waals surface area contributed by atoms with Crippen molar-refractivity contribution in [3.63, 3.8) is 0 Å². The predicted molar refractivity (Wildman–Crippen MR) is 120 cm³/mol. The molecule has 7 heteroatoms. The van der Waals surface area contributed by atoms with E-state index in [0.29, 0.717) is 22.8 Å². The summed E-state index contributed by atoms with van der Waals surface area (Å²) in [5.74, 6) is 3.18. The molecule has 0 bridgehead atoms. The summed E-state index contributed by atoms with van der Waals surface area (Å²) in [7, 11) is -3.14. The van der Waals surface area contributed by atoms with Crippen molar-refractivity contribution in [2.75, 3.05) is 26.0 Å². The molecule has 31 heavy (non-hydrogen) atoms. The van der Waals surface area contributed by atoms with Gasteiger partial charge in [0.25, 0.3) is 0 Å². The molecule has 3 fully saturated rings. The molecule has 0 amide bonds. The van der Waals surface area contributed by atoms with Gasteiger partial charge in [0, 0.05) is 44.9 Å². The standard InChI is InChI=1S/C24H33N3O3S/c1-17-25-9-10-27(17)23-11-20-14-26(13-18-5-7-22(8-6-18)31(2,28)29)15-21(20)12-24(23)30-16-19-3-4-19/h5-10,19-21,23-24H,3-4,11-16H2,1-2H3/t20-,21+,23-,24-/m0/s1. The number of benzene rings is 1. The molecule has 2 heterocycles. The summed E-state index contributed by atoms with van der Waals surface area (Å²) >= 11 is 0. The largest absolute Gasteiger partial charge is 0.376 e. The zero-order chi connectivity index (χ0) is 21.6. The average Bonchev–Trinajstić information content (AvgIpc) is 3.33. The van der Waals surface area contributed by atoms with Crippen LogP contribution in [0.5, 0.6) is 0 Å². The average molecular weight is 444 g/mol. The Kier molecular flexibility index (Phi) is 5.69. The summed E-state index contributed by atoms with van der Waals surface area (Å²) in [4.78, 5) is 7.39. The van der Waals surface area contributed by atoms with Crippen molar-refractivity contribution in [3.05, 3.63) is 48.0 Å². The normalized spacial score (nSPS) is 29.2. The SMILES string of the molecule is Cc1nccn1[C@H]1C[C@H]2CN(Cc3ccc(S(C)(=O)=O)cc3)C[C@H]2C[C@@H]1OCC1CC1. The van der Waals surface area contributed by atoms with Gasteiger partial charge < -0.3 is 9.30 Å². The van der Waals surface area contributed by atoms with E-state index in [-0.39, 0.29) is 6.10 Å². The second-order valence-electron chi connectivity index (χ2n) is 9.87. The van der Waals surface area contributed by atoms with Crippen LogP contribution in [0.4, 0.5) is 0 Å². The maximum absolute atomic E-state index is 11.7. The van der Waals surface area contributed by atoms with Crippen LogP contribution in [-0.4, -0.2) is 54.9 Å². The van der Waals surface area contributed by atoms with E-state index < -0.39 is 9.84 Å². The lowest BCUT2D eigenvalue weighted by Gasteiger charge is -2.39. The molecule has 1 saturated heterocycles. The molecule has 3 aliphatic rings. The van der Waals surface area contributed by atoms with Gasteiger partial charge in [-0.1, -0.05) is 12.1 Å². The van der Waals surface area contributed by atoms with Crippen LogP contribution in [0.15, 0.2) is 41.6 Å². The molecule has 0 unspecified atom stereocenters. The third-order valence-electron chi connectivity index (χ3n) is 7.38. The summed E-state index contributed by atoms with van der Waals surface area (Å²) in [5.41, 5.74) is 1.18. The summed E-state index contributed by atoms with van der Waals surface area (Å²) < 4.78 is 32.2. The lowest BCUT2D eigenvalue weighted by molar-refractivity contribution is -0.0343. The van der Waals surface area contributed by atoms with E-state index in [2.05, 4.69) is 27.6 Å². The number of aryl methyl sites for hydroxylation is 1. The molecule has 168 valence electrons. The first-order valence-corrected chi connectivity index (χ1v) is 13.4. The molecule has 2 aliphatic carbocycles. The number of nitrogens with zero attached hydrogens (tertiary/aromatic N) is 3. The van der Waals surface area contributed by atoms with E-state index >= 15 is 0 Å². The first-order valence-electron chi connectivity index (χ1n) is 11.5. The lowest BCUT2D eigenvalue weighted by Crippen LogP contribution is -2.38. The van der Waals surface area contributed by atoms with Crippen molar-refractivity contribution in [2.24, 2.45) is 17.8 Å². The smallest absolute Gasteiger partial charge is 0.175 e. The molecule has 6 nitrogen and oxygen atoms in total. The number of hydrogen-bond acceptors (Lipinski definition) is 5. The molecular weight excluding hydrogens is 410 g/mol. The van der Waals surface area contributed by atoms with Gasteiger partial charge in [0.1, 0.15) is 5.82 Å². The van der Waals surface area contributed by atoms with Crippen LogP contribution in [0.1, 0.15) is 43.1 Å². The van der Waals surface area contributed by atoms with Gasteiger partial charge in [-0.15, -0.1) is 0 Å². The Morgan fingerprint density at radius 1 is 1.10 bits per heavy atom. The first-order chi connectivity index (χ1) is 14.9. The quantitative estimate of drug-likeness (QED) is 0.656. The summed E-state index contributed by atoms with van der Waals surface area (Å²) in [5, 5.41) is 0. The molecule has 1 aromatic heterocycles. The van der Waals surface area contributed by atoms with Crippen LogP contribution in [0.25, 0.3) is 0 Å². The molecule has 0 N–H and O–H groups in total. The van der Waals surface area contributed by atoms with Gasteiger partial charge in [0.2, 0.25) is 0 Å². The zero-order valence-electron chi connectivity index (χ0n) is 18.5. The Bertz CT molecular complexity index is 1010. The van der Waals surface area contributed by atoms with Gasteiger partial charge in [0.05, 0.1) is 17.0 Å². The lowest BCUT2D eigenvalue weighted by atomic mass is 9.77. The number of aromatic nitrogens is 2. The van der Waals surface area contributed by atoms with E-state index in [1.807, 2.05) is 18.3 Å². The van der Waals surface area contributed by atoms with Crippen molar-refractivity contribution in [3.8, 4) is 0 Å². The highest BCUT2D eigenvalue weighted by molar-refractivity contribution is 7.90. The maximum atomic E-state index is 11.7. The van der Waals surface area contributed by atoms with Gasteiger partial charge in [-0.2, -0.15) is 0 Å². The van der Waals surface area contributed by atoms with E-state index in [1.165, 1.54) is 24.7 Å². The predicted octanol–water partition coefficient (Wildman–Crippen LogP) is 3.47. The van der Waals surface area contributed by atoms with Crippen molar-refractivity contribution in [1.82, 2.24) is 14.5 Å². The van der Waals surface area contributed by atoms with Gasteiger partial charge in [0.15, 0.2) is 9.84 Å². The summed E-state index contributed by atoms with van der Waals surface area (Å²) in [6, 6.07) is 7.74. The monoisotopic (exact) mass is 443 g/mol. The Morgan fingerprint density at radius 2 is 1.81 bits per heavy atom. The molecule has 0 radical (unpaired) electrons. The van der Waals surface area contributed by atoms with Gasteiger partial charge >= 0.3 is 0 Å². The number of ether oxygens (including phenoxy) is 1. The van der Waals surface area contributed by atoms with Gasteiger partial charge in [-0.05, 0) is 68.1 Å². The summed E-state index contributed by atoms with van der Waals surface area (Å²) in [6.45, 7) is 6.06. The topological polar surface area (TPSA) is 64.4 Å². The molecule has 2 saturated carbocycles. The van der Waals surface area contributed by atoms with Crippen LogP contribution in [0.2, 0.25) is 0 Å². The van der Waals surface area contributed by atoms with Crippen molar-refractivity contribution >= 4 is 9.84 Å². The molecule has 4 atom stereocenters. The molecule has 5 rings (SSSR count). The number of likely N-dealkylation sites (tertiary alicyclic amines) is 1. The van der Waals surface area contributed by atoms with Crippen LogP contribution in [0, 0.1) is 24.7 Å². The van der Waals surface area contributed by atoms with Crippen molar-refractivity contribution < 1.29 is 13.2 Å². The minimum absolute atomic E-state index is 0.267. The van der Waals surface area contributed by atoms with Crippen LogP contribution >= 0.6 is 0 Å². The Hall–Kier alpha value is -1.70. The second kappa shape index (κ2) is 8.34. The highest BCUT2D eigenvalue weighted by Crippen LogP contribution is 2.44. The Balaban J connectivity index is 1.26. The van der Waals surface area contributed by atoms with Crippen LogP contribution < -0.4 is 0 Å². The van der Waals surface area contributed by atoms with Gasteiger partial charge in [-0.25, -0.2) is 13.4 Å². The number of hydrogen-bond donors (Lipinski definition) is 0. The zero-order valence-corrected chi connectivity index (χ0v) is 19.3. The molecular formula is C24H33N3O3S. The third-order valence-corrected chi connectivity index (χ3v) is 8.51. The van der Waals surface area contributed by atoms with Crippen LogP contribution in [0.3, 0.4) is 0 Å². The van der Waals surface area contributed by atoms with Crippen LogP contribution in [-0.2, 0) is 21.1 Å². The Labute approximate surface area is 185 Å².